The molecule has 1 N–H and O–H groups in total. The fraction of sp³-hybridized carbons (Fsp3) is 0.278. The summed E-state index contributed by atoms with van der Waals surface area (Å²) in [6.45, 7) is 3.81. The highest BCUT2D eigenvalue weighted by atomic mass is 35.5. The molecule has 0 atom stereocenters. The third-order valence-corrected chi connectivity index (χ3v) is 7.21. The van der Waals surface area contributed by atoms with Crippen LogP contribution < -0.4 is 5.32 Å². The summed E-state index contributed by atoms with van der Waals surface area (Å²) in [5.74, 6) is -0.800. The Morgan fingerprint density at radius 1 is 1.14 bits per heavy atom. The Morgan fingerprint density at radius 3 is 2.34 bits per heavy atom. The predicted molar refractivity (Wildman–Crippen MR) is 108 cm³/mol. The summed E-state index contributed by atoms with van der Waals surface area (Å²) in [4.78, 5) is 12.1. The van der Waals surface area contributed by atoms with E-state index in [4.69, 9.17) is 11.6 Å². The van der Waals surface area contributed by atoms with Gasteiger partial charge in [0.1, 0.15) is 4.90 Å². The number of hydrogen-bond acceptors (Lipinski definition) is 4. The van der Waals surface area contributed by atoms with Gasteiger partial charge in [0.15, 0.2) is 0 Å². The fourth-order valence-electron chi connectivity index (χ4n) is 2.55. The molecule has 1 amide bonds. The van der Waals surface area contributed by atoms with Crippen molar-refractivity contribution in [2.45, 2.75) is 29.1 Å². The maximum Gasteiger partial charge on any atom is 0.446 e. The molecule has 11 heteroatoms. The molecule has 0 spiro atoms. The molecule has 0 fully saturated rings. The second-order valence-electron chi connectivity index (χ2n) is 5.73. The van der Waals surface area contributed by atoms with Crippen LogP contribution in [0.4, 0.5) is 18.9 Å². The third-order valence-electron chi connectivity index (χ3n) is 3.87. The minimum Gasteiger partial charge on any atom is -0.322 e. The van der Waals surface area contributed by atoms with Crippen LogP contribution in [0.25, 0.3) is 0 Å². The molecule has 0 aliphatic rings. The summed E-state index contributed by atoms with van der Waals surface area (Å²) in [7, 11) is -3.89. The lowest BCUT2D eigenvalue weighted by atomic mass is 10.2. The van der Waals surface area contributed by atoms with E-state index in [-0.39, 0.29) is 39.2 Å². The Bertz CT molecular complexity index is 994. The maximum absolute atomic E-state index is 12.7. The molecular weight excluding hydrogens is 449 g/mol. The number of anilines is 1. The first-order valence-electron chi connectivity index (χ1n) is 8.45. The highest BCUT2D eigenvalue weighted by Crippen LogP contribution is 2.38. The van der Waals surface area contributed by atoms with Gasteiger partial charge >= 0.3 is 5.51 Å². The molecule has 0 radical (unpaired) electrons. The molecule has 0 saturated carbocycles. The smallest absolute Gasteiger partial charge is 0.322 e. The summed E-state index contributed by atoms with van der Waals surface area (Å²) in [6, 6.07) is 9.14. The van der Waals surface area contributed by atoms with Gasteiger partial charge in [-0.2, -0.15) is 17.5 Å². The van der Waals surface area contributed by atoms with Crippen molar-refractivity contribution in [3.05, 3.63) is 53.1 Å². The molecule has 2 aromatic carbocycles. The number of carbonyl (C=O) groups is 1. The molecule has 2 rings (SSSR count). The number of nitrogens with one attached hydrogen (secondary N) is 1. The van der Waals surface area contributed by atoms with E-state index in [9.17, 15) is 26.4 Å². The van der Waals surface area contributed by atoms with Crippen molar-refractivity contribution >= 4 is 45.0 Å². The number of alkyl halides is 3. The lowest BCUT2D eigenvalue weighted by Crippen LogP contribution is -2.30. The lowest BCUT2D eigenvalue weighted by Gasteiger charge is -2.20. The van der Waals surface area contributed by atoms with Gasteiger partial charge in [-0.3, -0.25) is 4.79 Å². The number of amides is 1. The Kier molecular flexibility index (Phi) is 7.61. The molecule has 5 nitrogen and oxygen atoms in total. The molecule has 0 unspecified atom stereocenters. The zero-order chi connectivity index (χ0) is 21.8. The van der Waals surface area contributed by atoms with Crippen molar-refractivity contribution in [3.8, 4) is 0 Å². The monoisotopic (exact) mass is 466 g/mol. The van der Waals surface area contributed by atoms with E-state index in [1.165, 1.54) is 46.8 Å². The molecule has 0 aliphatic heterocycles. The number of halogens is 4. The first kappa shape index (κ1) is 23.5. The quantitative estimate of drug-likeness (QED) is 0.567. The van der Waals surface area contributed by atoms with Gasteiger partial charge in [-0.25, -0.2) is 8.42 Å². The van der Waals surface area contributed by atoms with Gasteiger partial charge in [0, 0.05) is 23.7 Å². The molecule has 0 bridgehead atoms. The van der Waals surface area contributed by atoms with E-state index >= 15 is 0 Å². The zero-order valence-corrected chi connectivity index (χ0v) is 17.8. The van der Waals surface area contributed by atoms with Crippen molar-refractivity contribution in [3.63, 3.8) is 0 Å². The largest absolute Gasteiger partial charge is 0.446 e. The number of thioether (sulfide) groups is 1. The number of hydrogen-bond donors (Lipinski definition) is 1. The highest BCUT2D eigenvalue weighted by Gasteiger charge is 2.31. The molecular formula is C18H18ClF3N2O3S2. The summed E-state index contributed by atoms with van der Waals surface area (Å²) >= 11 is 5.64. The summed E-state index contributed by atoms with van der Waals surface area (Å²) in [5, 5.41) is 2.41. The number of rotatable bonds is 7. The van der Waals surface area contributed by atoms with Crippen LogP contribution in [0, 0.1) is 0 Å². The first-order chi connectivity index (χ1) is 13.5. The van der Waals surface area contributed by atoms with Gasteiger partial charge in [0.25, 0.3) is 5.91 Å². The van der Waals surface area contributed by atoms with Crippen LogP contribution in [0.5, 0.6) is 0 Å². The second-order valence-corrected chi connectivity index (χ2v) is 9.15. The number of nitrogens with zero attached hydrogens (tertiary/aromatic N) is 1. The normalized spacial score (nSPS) is 12.2. The third kappa shape index (κ3) is 5.88. The Morgan fingerprint density at radius 2 is 1.76 bits per heavy atom. The Balaban J connectivity index is 2.36. The van der Waals surface area contributed by atoms with Crippen LogP contribution in [-0.4, -0.2) is 37.2 Å². The van der Waals surface area contributed by atoms with Gasteiger partial charge in [-0.1, -0.05) is 37.6 Å². The van der Waals surface area contributed by atoms with E-state index in [0.29, 0.717) is 0 Å². The average Bonchev–Trinajstić information content (AvgIpc) is 2.63. The van der Waals surface area contributed by atoms with Gasteiger partial charge in [0.05, 0.1) is 10.6 Å². The molecule has 0 aliphatic carbocycles. The zero-order valence-electron chi connectivity index (χ0n) is 15.5. The molecule has 158 valence electrons. The Labute approximate surface area is 176 Å². The summed E-state index contributed by atoms with van der Waals surface area (Å²) in [5.41, 5.74) is -4.64. The van der Waals surface area contributed by atoms with Crippen molar-refractivity contribution in [1.29, 1.82) is 0 Å². The Hall–Kier alpha value is -1.75. The fourth-order valence-corrected chi connectivity index (χ4v) is 5.17. The summed E-state index contributed by atoms with van der Waals surface area (Å²) in [6.07, 6.45) is 0. The second kappa shape index (κ2) is 9.38. The van der Waals surface area contributed by atoms with Gasteiger partial charge < -0.3 is 5.32 Å². The molecule has 0 heterocycles. The van der Waals surface area contributed by atoms with Crippen LogP contribution in [0.15, 0.2) is 52.3 Å². The van der Waals surface area contributed by atoms with Crippen LogP contribution in [0.2, 0.25) is 5.02 Å². The molecule has 0 saturated heterocycles. The number of sulfonamides is 1. The standard InChI is InChI=1S/C18H18ClF3N2O3S2/c1-3-24(4-2)29(26,27)16-11-12(9-10-14(16)19)23-17(25)13-7-5-6-8-15(13)28-18(20,21)22/h5-11H,3-4H2,1-2H3,(H,23,25). The van der Waals surface area contributed by atoms with Crippen molar-refractivity contribution in [2.75, 3.05) is 18.4 Å². The minimum absolute atomic E-state index is 0.0251. The predicted octanol–water partition coefficient (Wildman–Crippen LogP) is 5.23. The van der Waals surface area contributed by atoms with E-state index in [2.05, 4.69) is 5.32 Å². The SMILES string of the molecule is CCN(CC)S(=O)(=O)c1cc(NC(=O)c2ccccc2SC(F)(F)F)ccc1Cl. The topological polar surface area (TPSA) is 66.5 Å². The highest BCUT2D eigenvalue weighted by molar-refractivity contribution is 8.00. The van der Waals surface area contributed by atoms with Crippen LogP contribution >= 0.6 is 23.4 Å². The van der Waals surface area contributed by atoms with Gasteiger partial charge in [-0.05, 0) is 42.1 Å². The molecule has 0 aromatic heterocycles. The van der Waals surface area contributed by atoms with E-state index in [1.54, 1.807) is 13.8 Å². The van der Waals surface area contributed by atoms with E-state index < -0.39 is 33.2 Å². The number of benzene rings is 2. The molecule has 2 aromatic rings. The lowest BCUT2D eigenvalue weighted by molar-refractivity contribution is -0.0328. The van der Waals surface area contributed by atoms with Crippen LogP contribution in [0.1, 0.15) is 24.2 Å². The molecule has 29 heavy (non-hydrogen) atoms. The van der Waals surface area contributed by atoms with Crippen molar-refractivity contribution < 1.29 is 26.4 Å². The van der Waals surface area contributed by atoms with E-state index in [0.717, 1.165) is 0 Å². The van der Waals surface area contributed by atoms with Gasteiger partial charge in [-0.15, -0.1) is 0 Å². The minimum atomic E-state index is -4.55. The van der Waals surface area contributed by atoms with Crippen LogP contribution in [0.3, 0.4) is 0 Å². The van der Waals surface area contributed by atoms with Crippen molar-refractivity contribution in [1.82, 2.24) is 4.31 Å². The number of carbonyl (C=O) groups excluding carboxylic acids is 1. The first-order valence-corrected chi connectivity index (χ1v) is 11.1. The average molecular weight is 467 g/mol. The van der Waals surface area contributed by atoms with Crippen molar-refractivity contribution in [2.24, 2.45) is 0 Å². The van der Waals surface area contributed by atoms with Crippen LogP contribution in [-0.2, 0) is 10.0 Å². The maximum atomic E-state index is 12.7. The summed E-state index contributed by atoms with van der Waals surface area (Å²) < 4.78 is 64.9. The van der Waals surface area contributed by atoms with E-state index in [1.807, 2.05) is 0 Å². The van der Waals surface area contributed by atoms with Gasteiger partial charge in [0.2, 0.25) is 10.0 Å².